The monoisotopic (exact) mass is 196 g/mol. The van der Waals surface area contributed by atoms with E-state index in [1.165, 1.54) is 11.1 Å². The van der Waals surface area contributed by atoms with Crippen LogP contribution in [-0.4, -0.2) is 5.78 Å². The summed E-state index contributed by atoms with van der Waals surface area (Å²) in [5, 5.41) is 0. The van der Waals surface area contributed by atoms with E-state index in [1.807, 2.05) is 18.2 Å². The van der Waals surface area contributed by atoms with Gasteiger partial charge in [-0.2, -0.15) is 0 Å². The van der Waals surface area contributed by atoms with Crippen molar-refractivity contribution in [2.24, 2.45) is 0 Å². The number of ketones is 1. The van der Waals surface area contributed by atoms with Crippen LogP contribution in [-0.2, 0) is 10.2 Å². The molecule has 0 N–H and O–H groups in total. The molecule has 0 unspecified atom stereocenters. The van der Waals surface area contributed by atoms with Crippen LogP contribution in [0.2, 0.25) is 0 Å². The Hall–Kier alpha value is -1.63. The molecule has 0 aromatic heterocycles. The van der Waals surface area contributed by atoms with Gasteiger partial charge in [0.05, 0.1) is 5.41 Å². The van der Waals surface area contributed by atoms with E-state index in [9.17, 15) is 4.79 Å². The third kappa shape index (κ3) is 1.06. The van der Waals surface area contributed by atoms with Gasteiger partial charge in [0.1, 0.15) is 0 Å². The smallest absolute Gasteiger partial charge is 0.166 e. The highest BCUT2D eigenvalue weighted by molar-refractivity contribution is 6.05. The Bertz CT molecular complexity index is 472. The number of carbonyl (C=O) groups is 1. The molecule has 0 fully saturated rings. The lowest BCUT2D eigenvalue weighted by Gasteiger charge is -2.31. The second-order valence-corrected chi connectivity index (χ2v) is 4.25. The predicted octanol–water partition coefficient (Wildman–Crippen LogP) is 2.87. The molecule has 1 aromatic carbocycles. The molecule has 0 atom stereocenters. The average Bonchev–Trinajstić information content (AvgIpc) is 2.75. The molecule has 2 aliphatic rings. The van der Waals surface area contributed by atoms with Crippen molar-refractivity contribution < 1.29 is 4.79 Å². The molecule has 0 saturated heterocycles. The zero-order valence-electron chi connectivity index (χ0n) is 8.44. The van der Waals surface area contributed by atoms with E-state index < -0.39 is 0 Å². The van der Waals surface area contributed by atoms with Gasteiger partial charge in [-0.3, -0.25) is 4.79 Å². The van der Waals surface area contributed by atoms with Gasteiger partial charge in [-0.05, 0) is 30.0 Å². The molecule has 15 heavy (non-hydrogen) atoms. The molecule has 0 amide bonds. The quantitative estimate of drug-likeness (QED) is 0.583. The van der Waals surface area contributed by atoms with Crippen molar-refractivity contribution in [3.8, 4) is 0 Å². The van der Waals surface area contributed by atoms with Crippen LogP contribution in [0.15, 0.2) is 42.5 Å². The molecule has 0 aliphatic heterocycles. The maximum absolute atomic E-state index is 12.1. The second-order valence-electron chi connectivity index (χ2n) is 4.25. The van der Waals surface area contributed by atoms with Crippen molar-refractivity contribution >= 4 is 11.9 Å². The minimum absolute atomic E-state index is 0.256. The molecule has 0 saturated carbocycles. The fraction of sp³-hybridized carbons (Fsp3) is 0.214. The van der Waals surface area contributed by atoms with Crippen molar-refractivity contribution in [3.63, 3.8) is 0 Å². The molecular formula is C14H12O. The van der Waals surface area contributed by atoms with E-state index in [2.05, 4.69) is 24.3 Å². The second kappa shape index (κ2) is 2.93. The van der Waals surface area contributed by atoms with Gasteiger partial charge >= 0.3 is 0 Å². The summed E-state index contributed by atoms with van der Waals surface area (Å²) in [5.41, 5.74) is 2.12. The third-order valence-electron chi connectivity index (χ3n) is 3.46. The Labute approximate surface area is 89.1 Å². The molecule has 74 valence electrons. The summed E-state index contributed by atoms with van der Waals surface area (Å²) in [6.45, 7) is 0. The summed E-state index contributed by atoms with van der Waals surface area (Å²) in [7, 11) is 0. The Morgan fingerprint density at radius 3 is 2.53 bits per heavy atom. The van der Waals surface area contributed by atoms with Crippen molar-refractivity contribution in [2.75, 3.05) is 0 Å². The van der Waals surface area contributed by atoms with Crippen LogP contribution >= 0.6 is 0 Å². The van der Waals surface area contributed by atoms with Gasteiger partial charge in [0.25, 0.3) is 0 Å². The molecule has 0 heterocycles. The summed E-state index contributed by atoms with van der Waals surface area (Å²) in [5.74, 6) is 0.256. The summed E-state index contributed by atoms with van der Waals surface area (Å²) in [6, 6.07) is 8.21. The lowest BCUT2D eigenvalue weighted by atomic mass is 9.70. The molecule has 1 spiro atoms. The van der Waals surface area contributed by atoms with E-state index >= 15 is 0 Å². The van der Waals surface area contributed by atoms with Crippen molar-refractivity contribution in [1.82, 2.24) is 0 Å². The van der Waals surface area contributed by atoms with Crippen molar-refractivity contribution in [3.05, 3.63) is 53.6 Å². The fourth-order valence-corrected chi connectivity index (χ4v) is 2.61. The van der Waals surface area contributed by atoms with Gasteiger partial charge in [0.2, 0.25) is 0 Å². The highest BCUT2D eigenvalue weighted by Crippen LogP contribution is 2.42. The Morgan fingerprint density at radius 1 is 1.00 bits per heavy atom. The normalized spacial score (nSPS) is 20.9. The van der Waals surface area contributed by atoms with E-state index in [4.69, 9.17) is 0 Å². The van der Waals surface area contributed by atoms with Gasteiger partial charge in [-0.15, -0.1) is 0 Å². The zero-order chi connectivity index (χ0) is 10.3. The molecule has 2 aliphatic carbocycles. The summed E-state index contributed by atoms with van der Waals surface area (Å²) in [4.78, 5) is 12.1. The number of hydrogen-bond acceptors (Lipinski definition) is 1. The predicted molar refractivity (Wildman–Crippen MR) is 60.5 cm³/mol. The minimum atomic E-state index is -0.272. The van der Waals surface area contributed by atoms with Crippen molar-refractivity contribution in [1.29, 1.82) is 0 Å². The maximum Gasteiger partial charge on any atom is 0.166 e. The third-order valence-corrected chi connectivity index (χ3v) is 3.46. The van der Waals surface area contributed by atoms with E-state index in [-0.39, 0.29) is 11.2 Å². The Balaban J connectivity index is 2.23. The number of benzene rings is 1. The van der Waals surface area contributed by atoms with E-state index in [0.717, 1.165) is 12.8 Å². The molecular weight excluding hydrogens is 184 g/mol. The van der Waals surface area contributed by atoms with Crippen LogP contribution in [0.3, 0.4) is 0 Å². The van der Waals surface area contributed by atoms with Crippen LogP contribution in [0, 0.1) is 0 Å². The minimum Gasteiger partial charge on any atom is -0.294 e. The Kier molecular flexibility index (Phi) is 1.69. The highest BCUT2D eigenvalue weighted by atomic mass is 16.1. The number of rotatable bonds is 0. The zero-order valence-corrected chi connectivity index (χ0v) is 8.44. The first kappa shape index (κ1) is 8.66. The summed E-state index contributed by atoms with van der Waals surface area (Å²) >= 11 is 0. The molecule has 0 bridgehead atoms. The molecule has 0 radical (unpaired) electrons. The number of allylic oxidation sites excluding steroid dienone is 3. The van der Waals surface area contributed by atoms with Gasteiger partial charge in [-0.1, -0.05) is 42.5 Å². The number of fused-ring (bicyclic) bond motifs is 2. The van der Waals surface area contributed by atoms with Gasteiger partial charge < -0.3 is 0 Å². The lowest BCUT2D eigenvalue weighted by molar-refractivity contribution is -0.119. The number of carbonyl (C=O) groups excluding carboxylic acids is 1. The van der Waals surface area contributed by atoms with Crippen LogP contribution < -0.4 is 0 Å². The van der Waals surface area contributed by atoms with Crippen LogP contribution in [0.4, 0.5) is 0 Å². The largest absolute Gasteiger partial charge is 0.294 e. The van der Waals surface area contributed by atoms with Crippen LogP contribution in [0.25, 0.3) is 6.08 Å². The van der Waals surface area contributed by atoms with E-state index in [0.29, 0.717) is 0 Å². The summed E-state index contributed by atoms with van der Waals surface area (Å²) in [6.07, 6.45) is 9.61. The summed E-state index contributed by atoms with van der Waals surface area (Å²) < 4.78 is 0. The first-order valence-corrected chi connectivity index (χ1v) is 5.30. The first-order valence-electron chi connectivity index (χ1n) is 5.30. The van der Waals surface area contributed by atoms with Gasteiger partial charge in [0.15, 0.2) is 5.78 Å². The van der Waals surface area contributed by atoms with E-state index in [1.54, 1.807) is 6.08 Å². The molecule has 1 heteroatoms. The Morgan fingerprint density at radius 2 is 1.73 bits per heavy atom. The average molecular weight is 196 g/mol. The standard InChI is InChI=1S/C14H12O/c15-13-8-7-11-5-1-2-6-12(11)14(13)9-3-4-10-14/h1-8H,9-10H2. The van der Waals surface area contributed by atoms with Crippen LogP contribution in [0.5, 0.6) is 0 Å². The first-order chi connectivity index (χ1) is 7.33. The van der Waals surface area contributed by atoms with Gasteiger partial charge in [-0.25, -0.2) is 0 Å². The van der Waals surface area contributed by atoms with Gasteiger partial charge in [0, 0.05) is 0 Å². The lowest BCUT2D eigenvalue weighted by Crippen LogP contribution is -2.34. The van der Waals surface area contributed by atoms with Crippen molar-refractivity contribution in [2.45, 2.75) is 18.3 Å². The molecule has 1 aromatic rings. The highest BCUT2D eigenvalue weighted by Gasteiger charge is 2.41. The molecule has 3 rings (SSSR count). The fourth-order valence-electron chi connectivity index (χ4n) is 2.61. The molecule has 1 nitrogen and oxygen atoms in total. The van der Waals surface area contributed by atoms with Crippen LogP contribution in [0.1, 0.15) is 24.0 Å². The SMILES string of the molecule is O=C1C=Cc2ccccc2C12CC=CC2. The topological polar surface area (TPSA) is 17.1 Å². The maximum atomic E-state index is 12.1. The number of hydrogen-bond donors (Lipinski definition) is 0.